The van der Waals surface area contributed by atoms with Gasteiger partial charge in [-0.1, -0.05) is 20.8 Å². The Balaban J connectivity index is 4.24. The van der Waals surface area contributed by atoms with Gasteiger partial charge in [-0.15, -0.1) is 0 Å². The van der Waals surface area contributed by atoms with Crippen LogP contribution in [0.1, 0.15) is 41.5 Å². The average Bonchev–Trinajstić information content (AvgIpc) is 1.82. The summed E-state index contributed by atoms with van der Waals surface area (Å²) < 4.78 is 0. The quantitative estimate of drug-likeness (QED) is 0.684. The van der Waals surface area contributed by atoms with Crippen LogP contribution in [0.25, 0.3) is 0 Å². The molecule has 0 aromatic carbocycles. The van der Waals surface area contributed by atoms with E-state index < -0.39 is 5.60 Å². The second-order valence-corrected chi connectivity index (χ2v) is 5.12. The Hall–Kier alpha value is -0.570. The van der Waals surface area contributed by atoms with Crippen molar-refractivity contribution in [3.8, 4) is 0 Å². The molecular formula is C10H21NO2. The number of aliphatic hydroxyl groups is 1. The number of carbonyl (C=O) groups excluding carboxylic acids is 1. The van der Waals surface area contributed by atoms with Crippen molar-refractivity contribution in [2.45, 2.75) is 53.2 Å². The van der Waals surface area contributed by atoms with Gasteiger partial charge in [0.1, 0.15) is 5.60 Å². The van der Waals surface area contributed by atoms with Crippen LogP contribution in [0, 0.1) is 5.41 Å². The van der Waals surface area contributed by atoms with Crippen molar-refractivity contribution in [1.82, 2.24) is 5.32 Å². The third-order valence-electron chi connectivity index (χ3n) is 2.20. The smallest absolute Gasteiger partial charge is 0.251 e. The largest absolute Gasteiger partial charge is 0.381 e. The molecule has 0 bridgehead atoms. The van der Waals surface area contributed by atoms with Gasteiger partial charge >= 0.3 is 0 Å². The van der Waals surface area contributed by atoms with E-state index in [0.29, 0.717) is 0 Å². The summed E-state index contributed by atoms with van der Waals surface area (Å²) in [6.07, 6.45) is 0. The van der Waals surface area contributed by atoms with E-state index in [2.05, 4.69) is 5.32 Å². The molecule has 1 amide bonds. The summed E-state index contributed by atoms with van der Waals surface area (Å²) in [4.78, 5) is 11.4. The lowest BCUT2D eigenvalue weighted by atomic mass is 9.87. The first-order valence-electron chi connectivity index (χ1n) is 4.58. The van der Waals surface area contributed by atoms with Gasteiger partial charge in [0, 0.05) is 6.04 Å². The minimum Gasteiger partial charge on any atom is -0.381 e. The fourth-order valence-corrected chi connectivity index (χ4v) is 0.590. The normalized spacial score (nSPS) is 15.3. The zero-order chi connectivity index (χ0) is 10.9. The SMILES string of the molecule is CC(NC(=O)C(C)(C)O)C(C)(C)C. The molecule has 0 rings (SSSR count). The zero-order valence-electron chi connectivity index (χ0n) is 9.43. The maximum Gasteiger partial charge on any atom is 0.251 e. The molecule has 0 radical (unpaired) electrons. The van der Waals surface area contributed by atoms with Crippen LogP contribution in [0.15, 0.2) is 0 Å². The lowest BCUT2D eigenvalue weighted by molar-refractivity contribution is -0.137. The highest BCUT2D eigenvalue weighted by molar-refractivity contribution is 5.84. The van der Waals surface area contributed by atoms with Gasteiger partial charge in [-0.25, -0.2) is 0 Å². The van der Waals surface area contributed by atoms with Gasteiger partial charge in [0.05, 0.1) is 0 Å². The Bertz CT molecular complexity index is 186. The van der Waals surface area contributed by atoms with Crippen LogP contribution in [0.4, 0.5) is 0 Å². The lowest BCUT2D eigenvalue weighted by Crippen LogP contribution is -2.49. The Morgan fingerprint density at radius 1 is 1.23 bits per heavy atom. The van der Waals surface area contributed by atoms with E-state index >= 15 is 0 Å². The van der Waals surface area contributed by atoms with E-state index in [4.69, 9.17) is 0 Å². The molecule has 1 unspecified atom stereocenters. The fraction of sp³-hybridized carbons (Fsp3) is 0.900. The fourth-order valence-electron chi connectivity index (χ4n) is 0.590. The van der Waals surface area contributed by atoms with Crippen LogP contribution in [0.2, 0.25) is 0 Å². The van der Waals surface area contributed by atoms with Crippen molar-refractivity contribution in [3.63, 3.8) is 0 Å². The number of amides is 1. The first-order valence-corrected chi connectivity index (χ1v) is 4.58. The van der Waals surface area contributed by atoms with Crippen LogP contribution in [-0.4, -0.2) is 22.7 Å². The maximum atomic E-state index is 11.4. The van der Waals surface area contributed by atoms with Gasteiger partial charge in [-0.3, -0.25) is 4.79 Å². The minimum absolute atomic E-state index is 0.0148. The van der Waals surface area contributed by atoms with Gasteiger partial charge in [0.2, 0.25) is 0 Å². The number of rotatable bonds is 2. The summed E-state index contributed by atoms with van der Waals surface area (Å²) in [6.45, 7) is 11.0. The Morgan fingerprint density at radius 2 is 1.62 bits per heavy atom. The molecule has 0 fully saturated rings. The monoisotopic (exact) mass is 187 g/mol. The van der Waals surface area contributed by atoms with Crippen LogP contribution < -0.4 is 5.32 Å². The van der Waals surface area contributed by atoms with E-state index in [-0.39, 0.29) is 17.4 Å². The van der Waals surface area contributed by atoms with Crippen LogP contribution in [0.3, 0.4) is 0 Å². The highest BCUT2D eigenvalue weighted by Crippen LogP contribution is 2.19. The van der Waals surface area contributed by atoms with Crippen LogP contribution >= 0.6 is 0 Å². The van der Waals surface area contributed by atoms with Crippen molar-refractivity contribution < 1.29 is 9.90 Å². The minimum atomic E-state index is -1.29. The third kappa shape index (κ3) is 4.27. The molecule has 1 atom stereocenters. The molecule has 0 aromatic rings. The Morgan fingerprint density at radius 3 is 1.85 bits per heavy atom. The van der Waals surface area contributed by atoms with Gasteiger partial charge in [-0.2, -0.15) is 0 Å². The predicted octanol–water partition coefficient (Wildman–Crippen LogP) is 1.31. The standard InChI is InChI=1S/C10H21NO2/c1-7(9(2,3)4)11-8(12)10(5,6)13/h7,13H,1-6H3,(H,11,12). The number of hydrogen-bond acceptors (Lipinski definition) is 2. The van der Waals surface area contributed by atoms with E-state index in [0.717, 1.165) is 0 Å². The number of hydrogen-bond donors (Lipinski definition) is 2. The van der Waals surface area contributed by atoms with Crippen molar-refractivity contribution in [2.24, 2.45) is 5.41 Å². The molecule has 2 N–H and O–H groups in total. The van der Waals surface area contributed by atoms with Gasteiger partial charge in [0.25, 0.3) is 5.91 Å². The Labute approximate surface area is 80.5 Å². The molecule has 0 heterocycles. The molecule has 3 nitrogen and oxygen atoms in total. The molecule has 13 heavy (non-hydrogen) atoms. The Kier molecular flexibility index (Phi) is 3.50. The highest BCUT2D eigenvalue weighted by atomic mass is 16.3. The van der Waals surface area contributed by atoms with E-state index in [9.17, 15) is 9.90 Å². The first-order chi connectivity index (χ1) is 5.55. The molecule has 0 saturated heterocycles. The summed E-state index contributed by atoms with van der Waals surface area (Å²) >= 11 is 0. The van der Waals surface area contributed by atoms with Crippen molar-refractivity contribution in [3.05, 3.63) is 0 Å². The highest BCUT2D eigenvalue weighted by Gasteiger charge is 2.28. The van der Waals surface area contributed by atoms with E-state index in [1.165, 1.54) is 13.8 Å². The average molecular weight is 187 g/mol. The van der Waals surface area contributed by atoms with Gasteiger partial charge in [0.15, 0.2) is 0 Å². The summed E-state index contributed by atoms with van der Waals surface area (Å²) in [7, 11) is 0. The van der Waals surface area contributed by atoms with Crippen LogP contribution in [0.5, 0.6) is 0 Å². The number of carbonyl (C=O) groups is 1. The molecule has 0 aromatic heterocycles. The third-order valence-corrected chi connectivity index (χ3v) is 2.20. The van der Waals surface area contributed by atoms with E-state index in [1.54, 1.807) is 0 Å². The first kappa shape index (κ1) is 12.4. The van der Waals surface area contributed by atoms with Crippen LogP contribution in [-0.2, 0) is 4.79 Å². The molecule has 0 spiro atoms. The molecule has 0 aliphatic rings. The van der Waals surface area contributed by atoms with E-state index in [1.807, 2.05) is 27.7 Å². The maximum absolute atomic E-state index is 11.4. The van der Waals surface area contributed by atoms with Crippen molar-refractivity contribution in [1.29, 1.82) is 0 Å². The zero-order valence-corrected chi connectivity index (χ0v) is 9.43. The second-order valence-electron chi connectivity index (χ2n) is 5.12. The van der Waals surface area contributed by atoms with Gasteiger partial charge < -0.3 is 10.4 Å². The van der Waals surface area contributed by atoms with Gasteiger partial charge in [-0.05, 0) is 26.2 Å². The molecule has 3 heteroatoms. The summed E-state index contributed by atoms with van der Waals surface area (Å²) in [5, 5.41) is 12.2. The molecule has 78 valence electrons. The molecule has 0 saturated carbocycles. The summed E-state index contributed by atoms with van der Waals surface area (Å²) in [5.41, 5.74) is -1.28. The predicted molar refractivity (Wildman–Crippen MR) is 53.4 cm³/mol. The molecular weight excluding hydrogens is 166 g/mol. The summed E-state index contributed by atoms with van der Waals surface area (Å²) in [6, 6.07) is 0.0476. The van der Waals surface area contributed by atoms with Crippen molar-refractivity contribution >= 4 is 5.91 Å². The van der Waals surface area contributed by atoms with Crippen molar-refractivity contribution in [2.75, 3.05) is 0 Å². The lowest BCUT2D eigenvalue weighted by Gasteiger charge is -2.30. The molecule has 0 aliphatic carbocycles. The molecule has 0 aliphatic heterocycles. The topological polar surface area (TPSA) is 49.3 Å². The second kappa shape index (κ2) is 3.66. The summed E-state index contributed by atoms with van der Waals surface area (Å²) in [5.74, 6) is -0.324. The number of nitrogens with one attached hydrogen (secondary N) is 1.